The van der Waals surface area contributed by atoms with Crippen molar-refractivity contribution in [3.8, 4) is 0 Å². The van der Waals surface area contributed by atoms with Gasteiger partial charge < -0.3 is 4.90 Å². The van der Waals surface area contributed by atoms with Crippen molar-refractivity contribution in [1.82, 2.24) is 10.4 Å². The van der Waals surface area contributed by atoms with Crippen LogP contribution in [0.25, 0.3) is 5.57 Å². The Morgan fingerprint density at radius 1 is 0.914 bits per heavy atom. The summed E-state index contributed by atoms with van der Waals surface area (Å²) in [6.45, 7) is 0.306. The smallest absolute Gasteiger partial charge is 0.286 e. The molecule has 0 aliphatic carbocycles. The highest BCUT2D eigenvalue weighted by Crippen LogP contribution is 2.44. The fourth-order valence-corrected chi connectivity index (χ4v) is 5.45. The van der Waals surface area contributed by atoms with Gasteiger partial charge in [-0.05, 0) is 48.1 Å². The molecule has 0 bridgehead atoms. The zero-order valence-corrected chi connectivity index (χ0v) is 21.0. The van der Waals surface area contributed by atoms with E-state index in [1.54, 1.807) is 53.4 Å². The molecule has 1 N–H and O–H groups in total. The largest absolute Gasteiger partial charge is 0.303 e. The Hall–Kier alpha value is -3.17. The maximum Gasteiger partial charge on any atom is 0.286 e. The number of carbonyl (C=O) groups excluding carboxylic acids is 3. The van der Waals surface area contributed by atoms with E-state index in [1.165, 1.54) is 0 Å². The lowest BCUT2D eigenvalue weighted by atomic mass is 10.1. The van der Waals surface area contributed by atoms with E-state index in [2.05, 4.69) is 5.43 Å². The highest BCUT2D eigenvalue weighted by Gasteiger charge is 2.42. The fourth-order valence-electron chi connectivity index (χ4n) is 3.85. The molecule has 0 unspecified atom stereocenters. The van der Waals surface area contributed by atoms with Gasteiger partial charge in [0, 0.05) is 10.6 Å². The molecule has 0 radical (unpaired) electrons. The maximum absolute atomic E-state index is 13.6. The van der Waals surface area contributed by atoms with Crippen LogP contribution in [0.2, 0.25) is 10.0 Å². The van der Waals surface area contributed by atoms with Gasteiger partial charge in [0.25, 0.3) is 17.7 Å². The molecule has 2 heterocycles. The summed E-state index contributed by atoms with van der Waals surface area (Å²) in [7, 11) is 0. The van der Waals surface area contributed by atoms with Crippen LogP contribution >= 0.6 is 47.2 Å². The molecule has 1 saturated heterocycles. The van der Waals surface area contributed by atoms with Crippen molar-refractivity contribution in [3.63, 3.8) is 0 Å². The molecule has 0 atom stereocenters. The summed E-state index contributed by atoms with van der Waals surface area (Å²) < 4.78 is 0.110. The van der Waals surface area contributed by atoms with Crippen LogP contribution in [-0.2, 0) is 16.1 Å². The maximum atomic E-state index is 13.6. The monoisotopic (exact) mass is 539 g/mol. The van der Waals surface area contributed by atoms with Gasteiger partial charge in [0.2, 0.25) is 0 Å². The number of hydrazine groups is 1. The van der Waals surface area contributed by atoms with Crippen LogP contribution in [0.1, 0.15) is 21.5 Å². The first kappa shape index (κ1) is 23.6. The van der Waals surface area contributed by atoms with Crippen LogP contribution in [0.5, 0.6) is 0 Å². The molecule has 3 aromatic rings. The van der Waals surface area contributed by atoms with E-state index < -0.39 is 11.8 Å². The van der Waals surface area contributed by atoms with Crippen LogP contribution in [0.4, 0.5) is 5.69 Å². The highest BCUT2D eigenvalue weighted by atomic mass is 35.5. The third-order valence-electron chi connectivity index (χ3n) is 5.51. The van der Waals surface area contributed by atoms with Crippen LogP contribution < -0.4 is 10.3 Å². The van der Waals surface area contributed by atoms with E-state index >= 15 is 0 Å². The van der Waals surface area contributed by atoms with Crippen molar-refractivity contribution >= 4 is 80.5 Å². The molecule has 2 aliphatic rings. The number of nitrogens with zero attached hydrogens (tertiary/aromatic N) is 2. The Bertz CT molecular complexity index is 1440. The molecule has 174 valence electrons. The predicted molar refractivity (Wildman–Crippen MR) is 142 cm³/mol. The second-order valence-electron chi connectivity index (χ2n) is 7.67. The molecular weight excluding hydrogens is 525 g/mol. The lowest BCUT2D eigenvalue weighted by Crippen LogP contribution is -2.45. The number of anilines is 1. The average Bonchev–Trinajstić information content (AvgIpc) is 3.28. The van der Waals surface area contributed by atoms with Crippen molar-refractivity contribution in [2.24, 2.45) is 0 Å². The number of nitrogens with one attached hydrogen (secondary N) is 1. The number of fused-ring (bicyclic) bond motifs is 1. The molecule has 5 rings (SSSR count). The van der Waals surface area contributed by atoms with Crippen LogP contribution in [0.3, 0.4) is 0 Å². The SMILES string of the molecule is O=C(NN1C(=O)/C(=C2/C(=O)N(Cc3ccc(Cl)cc3)c3ccccc32)SC1=S)c1ccccc1Cl. The van der Waals surface area contributed by atoms with Gasteiger partial charge in [-0.25, -0.2) is 0 Å². The lowest BCUT2D eigenvalue weighted by molar-refractivity contribution is -0.124. The summed E-state index contributed by atoms with van der Waals surface area (Å²) in [5, 5.41) is 1.82. The molecule has 3 aromatic carbocycles. The minimum atomic E-state index is -0.583. The fraction of sp³-hybridized carbons (Fsp3) is 0.0400. The lowest BCUT2D eigenvalue weighted by Gasteiger charge is -2.17. The van der Waals surface area contributed by atoms with Gasteiger partial charge in [-0.15, -0.1) is 0 Å². The van der Waals surface area contributed by atoms with Crippen LogP contribution in [0, 0.1) is 0 Å². The van der Waals surface area contributed by atoms with E-state index in [4.69, 9.17) is 35.4 Å². The van der Waals surface area contributed by atoms with Crippen molar-refractivity contribution < 1.29 is 14.4 Å². The van der Waals surface area contributed by atoms with Gasteiger partial charge in [-0.3, -0.25) is 19.8 Å². The molecule has 0 saturated carbocycles. The third-order valence-corrected chi connectivity index (χ3v) is 7.46. The van der Waals surface area contributed by atoms with E-state index in [1.807, 2.05) is 24.3 Å². The van der Waals surface area contributed by atoms with E-state index in [0.29, 0.717) is 22.8 Å². The van der Waals surface area contributed by atoms with Crippen molar-refractivity contribution in [2.75, 3.05) is 4.90 Å². The number of halogens is 2. The molecule has 3 amide bonds. The molecule has 6 nitrogen and oxygen atoms in total. The molecule has 1 fully saturated rings. The first-order valence-corrected chi connectivity index (χ1v) is 12.3. The van der Waals surface area contributed by atoms with Crippen LogP contribution in [-0.4, -0.2) is 27.1 Å². The Morgan fingerprint density at radius 2 is 1.60 bits per heavy atom. The molecule has 10 heteroatoms. The third kappa shape index (κ3) is 4.34. The first-order chi connectivity index (χ1) is 16.8. The molecular formula is C25H15Cl2N3O3S2. The number of hydrogen-bond donors (Lipinski definition) is 1. The molecule has 2 aliphatic heterocycles. The quantitative estimate of drug-likeness (QED) is 0.352. The van der Waals surface area contributed by atoms with E-state index in [0.717, 1.165) is 22.3 Å². The number of para-hydroxylation sites is 1. The minimum absolute atomic E-state index is 0.110. The Balaban J connectivity index is 1.48. The zero-order chi connectivity index (χ0) is 24.7. The van der Waals surface area contributed by atoms with Crippen molar-refractivity contribution in [3.05, 3.63) is 104 Å². The number of hydrogen-bond acceptors (Lipinski definition) is 5. The normalized spacial score (nSPS) is 17.3. The summed E-state index contributed by atoms with van der Waals surface area (Å²) in [4.78, 5) is 41.4. The van der Waals surface area contributed by atoms with Gasteiger partial charge in [0.1, 0.15) is 0 Å². The molecule has 0 spiro atoms. The van der Waals surface area contributed by atoms with Crippen LogP contribution in [0.15, 0.2) is 77.7 Å². The molecule has 35 heavy (non-hydrogen) atoms. The Morgan fingerprint density at radius 3 is 2.34 bits per heavy atom. The summed E-state index contributed by atoms with van der Waals surface area (Å²) in [6, 6.07) is 20.9. The second kappa shape index (κ2) is 9.47. The summed E-state index contributed by atoms with van der Waals surface area (Å²) in [5.74, 6) is -1.48. The Kier molecular flexibility index (Phi) is 6.37. The van der Waals surface area contributed by atoms with Gasteiger partial charge in [-0.2, -0.15) is 5.01 Å². The van der Waals surface area contributed by atoms with Gasteiger partial charge in [-0.1, -0.05) is 77.4 Å². The summed E-state index contributed by atoms with van der Waals surface area (Å²) in [5.41, 5.74) is 5.17. The molecule has 0 aromatic heterocycles. The highest BCUT2D eigenvalue weighted by molar-refractivity contribution is 8.26. The Labute approximate surface area is 220 Å². The standard InChI is InChI=1S/C25H15Cl2N3O3S2/c26-15-11-9-14(10-12-15)13-29-19-8-4-2-6-17(19)20(23(29)32)21-24(33)30(25(34)35-21)28-22(31)16-5-1-3-7-18(16)27/h1-12H,13H2,(H,28,31)/b21-20-. The minimum Gasteiger partial charge on any atom is -0.303 e. The summed E-state index contributed by atoms with van der Waals surface area (Å²) >= 11 is 18.4. The van der Waals surface area contributed by atoms with Gasteiger partial charge in [0.15, 0.2) is 4.32 Å². The first-order valence-electron chi connectivity index (χ1n) is 10.4. The van der Waals surface area contributed by atoms with E-state index in [9.17, 15) is 14.4 Å². The second-order valence-corrected chi connectivity index (χ2v) is 10.2. The number of thioether (sulfide) groups is 1. The number of rotatable bonds is 4. The number of thiocarbonyl (C=S) groups is 1. The van der Waals surface area contributed by atoms with E-state index in [-0.39, 0.29) is 31.3 Å². The van der Waals surface area contributed by atoms with Gasteiger partial charge >= 0.3 is 0 Å². The summed E-state index contributed by atoms with van der Waals surface area (Å²) in [6.07, 6.45) is 0. The van der Waals surface area contributed by atoms with Gasteiger partial charge in [0.05, 0.1) is 33.3 Å². The average molecular weight is 540 g/mol. The topological polar surface area (TPSA) is 69.7 Å². The zero-order valence-electron chi connectivity index (χ0n) is 17.8. The van der Waals surface area contributed by atoms with Crippen molar-refractivity contribution in [1.29, 1.82) is 0 Å². The van der Waals surface area contributed by atoms with Crippen molar-refractivity contribution in [2.45, 2.75) is 6.54 Å². The number of amides is 3. The number of benzene rings is 3. The number of carbonyl (C=O) groups is 3. The predicted octanol–water partition coefficient (Wildman–Crippen LogP) is 5.46.